The van der Waals surface area contributed by atoms with E-state index in [0.717, 1.165) is 0 Å². The van der Waals surface area contributed by atoms with Crippen LogP contribution in [0.2, 0.25) is 0 Å². The summed E-state index contributed by atoms with van der Waals surface area (Å²) in [6.07, 6.45) is -0.901. The second-order valence-corrected chi connectivity index (χ2v) is 5.57. The van der Waals surface area contributed by atoms with Gasteiger partial charge in [-0.3, -0.25) is 20.4 Å². The van der Waals surface area contributed by atoms with Crippen LogP contribution >= 0.6 is 0 Å². The number of urea groups is 1. The lowest BCUT2D eigenvalue weighted by Gasteiger charge is -2.26. The highest BCUT2D eigenvalue weighted by molar-refractivity contribution is 5.89. The largest absolute Gasteiger partial charge is 0.485 e. The van der Waals surface area contributed by atoms with Crippen molar-refractivity contribution in [3.8, 4) is 11.5 Å². The summed E-state index contributed by atoms with van der Waals surface area (Å²) in [7, 11) is 0. The Labute approximate surface area is 138 Å². The van der Waals surface area contributed by atoms with Gasteiger partial charge in [0.25, 0.3) is 11.8 Å². The Bertz CT molecular complexity index is 634. The lowest BCUT2D eigenvalue weighted by molar-refractivity contribution is -0.135. The van der Waals surface area contributed by atoms with Crippen molar-refractivity contribution in [2.75, 3.05) is 6.61 Å². The quantitative estimate of drug-likeness (QED) is 0.559. The number of fused-ring (bicyclic) bond motifs is 1. The van der Waals surface area contributed by atoms with E-state index in [9.17, 15) is 14.4 Å². The van der Waals surface area contributed by atoms with Crippen molar-refractivity contribution in [3.63, 3.8) is 0 Å². The molecule has 0 spiro atoms. The maximum Gasteiger partial charge on any atom is 0.312 e. The summed E-state index contributed by atoms with van der Waals surface area (Å²) in [6.45, 7) is 3.49. The predicted molar refractivity (Wildman–Crippen MR) is 84.0 cm³/mol. The lowest BCUT2D eigenvalue weighted by atomic mass is 10.0. The van der Waals surface area contributed by atoms with Crippen molar-refractivity contribution in [1.29, 1.82) is 0 Å². The molecule has 0 saturated carbocycles. The van der Waals surface area contributed by atoms with Crippen molar-refractivity contribution in [2.24, 2.45) is 11.7 Å². The van der Waals surface area contributed by atoms with E-state index in [1.807, 2.05) is 0 Å². The summed E-state index contributed by atoms with van der Waals surface area (Å²) in [5.74, 6) is -0.369. The van der Waals surface area contributed by atoms with Crippen LogP contribution in [0.25, 0.3) is 0 Å². The van der Waals surface area contributed by atoms with Gasteiger partial charge < -0.3 is 20.5 Å². The number of hydrogen-bond acceptors (Lipinski definition) is 5. The molecule has 1 aromatic rings. The van der Waals surface area contributed by atoms with Crippen molar-refractivity contribution in [1.82, 2.24) is 16.2 Å². The molecular weight excluding hydrogens is 316 g/mol. The molecule has 1 heterocycles. The van der Waals surface area contributed by atoms with Gasteiger partial charge in [0.1, 0.15) is 12.6 Å². The molecule has 0 fully saturated rings. The average molecular weight is 336 g/mol. The Hall–Kier alpha value is -2.97. The van der Waals surface area contributed by atoms with Crippen LogP contribution in [0.4, 0.5) is 4.79 Å². The molecule has 0 radical (unpaired) electrons. The molecule has 4 amide bonds. The number of nitrogens with two attached hydrogens (primary N) is 1. The number of carbonyl (C=O) groups is 3. The van der Waals surface area contributed by atoms with Gasteiger partial charge >= 0.3 is 6.03 Å². The predicted octanol–water partition coefficient (Wildman–Crippen LogP) is -0.333. The summed E-state index contributed by atoms with van der Waals surface area (Å²) in [4.78, 5) is 35.0. The number of ether oxygens (including phenoxy) is 2. The number of rotatable bonds is 4. The Morgan fingerprint density at radius 1 is 1.17 bits per heavy atom. The summed E-state index contributed by atoms with van der Waals surface area (Å²) in [6, 6.07) is 5.27. The Morgan fingerprint density at radius 2 is 1.83 bits per heavy atom. The molecule has 5 N–H and O–H groups in total. The highest BCUT2D eigenvalue weighted by Gasteiger charge is 2.29. The SMILES string of the molecule is CC(C)[C@H](NC(N)=O)C(=O)NNC(=O)[C@H]1COc2ccccc2O1. The smallest absolute Gasteiger partial charge is 0.312 e. The van der Waals surface area contributed by atoms with Gasteiger partial charge in [0.15, 0.2) is 11.5 Å². The standard InChI is InChI=1S/C15H20N4O5/c1-8(2)12(17-15(16)22)14(21)19-18-13(20)11-7-23-9-5-3-4-6-10(9)24-11/h3-6,8,11-12H,7H2,1-2H3,(H,18,20)(H,19,21)(H3,16,17,22)/t11-,12+/m1/s1. The zero-order chi connectivity index (χ0) is 17.7. The van der Waals surface area contributed by atoms with Crippen molar-refractivity contribution in [2.45, 2.75) is 26.0 Å². The summed E-state index contributed by atoms with van der Waals surface area (Å²) < 4.78 is 11.0. The topological polar surface area (TPSA) is 132 Å². The molecule has 1 aliphatic heterocycles. The summed E-state index contributed by atoms with van der Waals surface area (Å²) >= 11 is 0. The van der Waals surface area contributed by atoms with E-state index < -0.39 is 30.0 Å². The van der Waals surface area contributed by atoms with Crippen LogP contribution in [-0.2, 0) is 9.59 Å². The molecule has 1 aliphatic rings. The fraction of sp³-hybridized carbons (Fsp3) is 0.400. The van der Waals surface area contributed by atoms with Crippen LogP contribution in [0.3, 0.4) is 0 Å². The molecule has 2 atom stereocenters. The van der Waals surface area contributed by atoms with Gasteiger partial charge in [-0.2, -0.15) is 0 Å². The maximum absolute atomic E-state index is 12.1. The third kappa shape index (κ3) is 4.28. The number of hydrazine groups is 1. The Morgan fingerprint density at radius 3 is 2.46 bits per heavy atom. The molecule has 24 heavy (non-hydrogen) atoms. The van der Waals surface area contributed by atoms with E-state index in [-0.39, 0.29) is 12.5 Å². The van der Waals surface area contributed by atoms with Crippen LogP contribution in [0.5, 0.6) is 11.5 Å². The third-order valence-electron chi connectivity index (χ3n) is 3.36. The Balaban J connectivity index is 1.89. The van der Waals surface area contributed by atoms with E-state index in [1.165, 1.54) is 0 Å². The Kier molecular flexibility index (Phi) is 5.46. The first-order valence-electron chi connectivity index (χ1n) is 7.42. The van der Waals surface area contributed by atoms with Gasteiger partial charge in [-0.1, -0.05) is 26.0 Å². The van der Waals surface area contributed by atoms with Crippen LogP contribution in [0.1, 0.15) is 13.8 Å². The van der Waals surface area contributed by atoms with Crippen molar-refractivity contribution >= 4 is 17.8 Å². The number of nitrogens with one attached hydrogen (secondary N) is 3. The van der Waals surface area contributed by atoms with E-state index in [0.29, 0.717) is 11.5 Å². The third-order valence-corrected chi connectivity index (χ3v) is 3.36. The molecule has 1 aromatic carbocycles. The van der Waals surface area contributed by atoms with Crippen LogP contribution in [-0.4, -0.2) is 36.6 Å². The van der Waals surface area contributed by atoms with Crippen LogP contribution < -0.4 is 31.4 Å². The van der Waals surface area contributed by atoms with Crippen LogP contribution in [0, 0.1) is 5.92 Å². The zero-order valence-electron chi connectivity index (χ0n) is 13.4. The highest BCUT2D eigenvalue weighted by atomic mass is 16.6. The minimum Gasteiger partial charge on any atom is -0.485 e. The fourth-order valence-corrected chi connectivity index (χ4v) is 2.12. The number of amides is 4. The average Bonchev–Trinajstić information content (AvgIpc) is 2.56. The number of hydrogen-bond donors (Lipinski definition) is 4. The minimum atomic E-state index is -0.901. The zero-order valence-corrected chi connectivity index (χ0v) is 13.4. The van der Waals surface area contributed by atoms with Gasteiger partial charge in [0.05, 0.1) is 0 Å². The first-order chi connectivity index (χ1) is 11.4. The van der Waals surface area contributed by atoms with E-state index in [2.05, 4.69) is 16.2 Å². The summed E-state index contributed by atoms with van der Waals surface area (Å²) in [5, 5.41) is 2.31. The van der Waals surface area contributed by atoms with E-state index >= 15 is 0 Å². The van der Waals surface area contributed by atoms with E-state index in [4.69, 9.17) is 15.2 Å². The highest BCUT2D eigenvalue weighted by Crippen LogP contribution is 2.30. The second-order valence-electron chi connectivity index (χ2n) is 5.57. The van der Waals surface area contributed by atoms with Crippen molar-refractivity contribution in [3.05, 3.63) is 24.3 Å². The van der Waals surface area contributed by atoms with Crippen molar-refractivity contribution < 1.29 is 23.9 Å². The maximum atomic E-state index is 12.1. The van der Waals surface area contributed by atoms with Gasteiger partial charge in [-0.05, 0) is 18.1 Å². The first-order valence-corrected chi connectivity index (χ1v) is 7.42. The fourth-order valence-electron chi connectivity index (χ4n) is 2.12. The molecule has 0 aromatic heterocycles. The van der Waals surface area contributed by atoms with Crippen LogP contribution in [0.15, 0.2) is 24.3 Å². The summed E-state index contributed by atoms with van der Waals surface area (Å²) in [5.41, 5.74) is 9.54. The molecule has 0 unspecified atom stereocenters. The van der Waals surface area contributed by atoms with Gasteiger partial charge in [0, 0.05) is 0 Å². The van der Waals surface area contributed by atoms with Gasteiger partial charge in [-0.15, -0.1) is 0 Å². The molecule has 2 rings (SSSR count). The molecule has 0 aliphatic carbocycles. The normalized spacial score (nSPS) is 16.9. The van der Waals surface area contributed by atoms with Gasteiger partial charge in [0.2, 0.25) is 6.10 Å². The second kappa shape index (κ2) is 7.53. The number of benzene rings is 1. The number of para-hydroxylation sites is 2. The van der Waals surface area contributed by atoms with E-state index in [1.54, 1.807) is 38.1 Å². The molecule has 0 bridgehead atoms. The molecule has 130 valence electrons. The molecule has 9 heteroatoms. The molecule has 9 nitrogen and oxygen atoms in total. The van der Waals surface area contributed by atoms with Gasteiger partial charge in [-0.25, -0.2) is 4.79 Å². The first kappa shape index (κ1) is 17.4. The number of primary amides is 1. The lowest BCUT2D eigenvalue weighted by Crippen LogP contribution is -2.57. The number of carbonyl (C=O) groups excluding carboxylic acids is 3. The molecular formula is C15H20N4O5. The molecule has 0 saturated heterocycles. The minimum absolute atomic E-state index is 0.0197. The monoisotopic (exact) mass is 336 g/mol.